The quantitative estimate of drug-likeness (QED) is 0.679. The number of rotatable bonds is 5. The van der Waals surface area contributed by atoms with E-state index in [9.17, 15) is 9.59 Å². The number of aromatic carboxylic acids is 1. The molecule has 0 amide bonds. The van der Waals surface area contributed by atoms with Gasteiger partial charge in [-0.2, -0.15) is 0 Å². The van der Waals surface area contributed by atoms with Crippen molar-refractivity contribution < 1.29 is 14.7 Å². The van der Waals surface area contributed by atoms with Gasteiger partial charge in [0.05, 0.1) is 4.88 Å². The summed E-state index contributed by atoms with van der Waals surface area (Å²) < 4.78 is 0. The van der Waals surface area contributed by atoms with E-state index < -0.39 is 5.97 Å². The number of hydrogen-bond acceptors (Lipinski definition) is 4. The van der Waals surface area contributed by atoms with Crippen LogP contribution in [0, 0.1) is 0 Å². The van der Waals surface area contributed by atoms with Gasteiger partial charge in [-0.3, -0.25) is 4.79 Å². The molecule has 5 heteroatoms. The number of anilines is 1. The summed E-state index contributed by atoms with van der Waals surface area (Å²) in [6, 6.07) is 10.8. The number of allylic oxidation sites excluding steroid dienone is 1. The molecule has 0 bridgehead atoms. The van der Waals surface area contributed by atoms with E-state index in [4.69, 9.17) is 5.11 Å². The topological polar surface area (TPSA) is 57.6 Å². The fourth-order valence-electron chi connectivity index (χ4n) is 1.72. The average molecular weight is 301 g/mol. The Hall–Kier alpha value is -2.40. The fraction of sp³-hybridized carbons (Fsp3) is 0.125. The van der Waals surface area contributed by atoms with Crippen LogP contribution in [0.5, 0.6) is 0 Å². The zero-order valence-corrected chi connectivity index (χ0v) is 12.6. The maximum Gasteiger partial charge on any atom is 0.345 e. The van der Waals surface area contributed by atoms with Crippen LogP contribution < -0.4 is 4.90 Å². The van der Waals surface area contributed by atoms with E-state index in [0.717, 1.165) is 22.6 Å². The van der Waals surface area contributed by atoms with Gasteiger partial charge >= 0.3 is 5.97 Å². The number of carbonyl (C=O) groups excluding carboxylic acids is 1. The smallest absolute Gasteiger partial charge is 0.345 e. The number of nitrogens with zero attached hydrogens (tertiary/aromatic N) is 1. The molecule has 0 spiro atoms. The first-order chi connectivity index (χ1) is 9.97. The molecule has 1 aromatic heterocycles. The highest BCUT2D eigenvalue weighted by Gasteiger charge is 2.10. The number of thiophene rings is 1. The van der Waals surface area contributed by atoms with Gasteiger partial charge in [-0.05, 0) is 35.9 Å². The minimum absolute atomic E-state index is 0.169. The van der Waals surface area contributed by atoms with Gasteiger partial charge in [-0.1, -0.05) is 18.2 Å². The van der Waals surface area contributed by atoms with Crippen molar-refractivity contribution in [1.29, 1.82) is 0 Å². The third-order valence-corrected chi connectivity index (χ3v) is 3.98. The van der Waals surface area contributed by atoms with E-state index in [-0.39, 0.29) is 10.7 Å². The standard InChI is InChI=1S/C16H15NO3S/c1-17(2)12-6-3-11(4-7-12)5-8-13(18)14-9-10-15(21-14)16(19)20/h3-10H,1-2H3,(H,19,20)/b8-5+. The lowest BCUT2D eigenvalue weighted by Crippen LogP contribution is -2.07. The monoisotopic (exact) mass is 301 g/mol. The Morgan fingerprint density at radius 2 is 1.67 bits per heavy atom. The summed E-state index contributed by atoms with van der Waals surface area (Å²) in [6.45, 7) is 0. The van der Waals surface area contributed by atoms with E-state index in [2.05, 4.69) is 0 Å². The molecule has 0 saturated heterocycles. The van der Waals surface area contributed by atoms with Gasteiger partial charge in [-0.25, -0.2) is 4.79 Å². The Morgan fingerprint density at radius 3 is 2.19 bits per heavy atom. The Balaban J connectivity index is 2.09. The summed E-state index contributed by atoms with van der Waals surface area (Å²) >= 11 is 0.984. The van der Waals surface area contributed by atoms with Crippen molar-refractivity contribution in [1.82, 2.24) is 0 Å². The molecular formula is C16H15NO3S. The van der Waals surface area contributed by atoms with E-state index in [1.807, 2.05) is 43.3 Å². The van der Waals surface area contributed by atoms with Gasteiger partial charge in [-0.15, -0.1) is 11.3 Å². The first-order valence-electron chi connectivity index (χ1n) is 6.30. The second kappa shape index (κ2) is 6.37. The van der Waals surface area contributed by atoms with Crippen molar-refractivity contribution in [3.63, 3.8) is 0 Å². The van der Waals surface area contributed by atoms with E-state index in [0.29, 0.717) is 4.88 Å². The second-order valence-electron chi connectivity index (χ2n) is 4.65. The van der Waals surface area contributed by atoms with Crippen molar-refractivity contribution in [2.45, 2.75) is 0 Å². The molecule has 0 aliphatic heterocycles. The molecule has 1 aromatic carbocycles. The Kier molecular flexibility index (Phi) is 4.55. The van der Waals surface area contributed by atoms with Gasteiger partial charge in [0.15, 0.2) is 5.78 Å². The highest BCUT2D eigenvalue weighted by molar-refractivity contribution is 7.16. The minimum Gasteiger partial charge on any atom is -0.477 e. The summed E-state index contributed by atoms with van der Waals surface area (Å²) in [4.78, 5) is 25.3. The van der Waals surface area contributed by atoms with Crippen LogP contribution in [0.3, 0.4) is 0 Å². The minimum atomic E-state index is -1.01. The van der Waals surface area contributed by atoms with Crippen LogP contribution in [-0.2, 0) is 0 Å². The van der Waals surface area contributed by atoms with Gasteiger partial charge in [0.2, 0.25) is 0 Å². The average Bonchev–Trinajstić information content (AvgIpc) is 2.95. The summed E-state index contributed by atoms with van der Waals surface area (Å²) in [5.74, 6) is -1.20. The molecule has 1 heterocycles. The maximum atomic E-state index is 12.0. The lowest BCUT2D eigenvalue weighted by atomic mass is 10.1. The van der Waals surface area contributed by atoms with Gasteiger partial charge < -0.3 is 10.0 Å². The lowest BCUT2D eigenvalue weighted by molar-refractivity contribution is 0.0702. The first kappa shape index (κ1) is 15.0. The summed E-state index contributed by atoms with van der Waals surface area (Å²) in [7, 11) is 3.93. The molecule has 0 unspecified atom stereocenters. The number of carboxylic acids is 1. The molecule has 21 heavy (non-hydrogen) atoms. The molecule has 0 aliphatic rings. The van der Waals surface area contributed by atoms with Crippen LogP contribution in [0.4, 0.5) is 5.69 Å². The van der Waals surface area contributed by atoms with E-state index >= 15 is 0 Å². The third-order valence-electron chi connectivity index (χ3n) is 2.90. The van der Waals surface area contributed by atoms with Crippen LogP contribution in [0.2, 0.25) is 0 Å². The lowest BCUT2D eigenvalue weighted by Gasteiger charge is -2.11. The molecule has 2 rings (SSSR count). The van der Waals surface area contributed by atoms with Crippen LogP contribution in [0.1, 0.15) is 24.9 Å². The Labute approximate surface area is 127 Å². The summed E-state index contributed by atoms with van der Waals surface area (Å²) in [5, 5.41) is 8.84. The number of benzene rings is 1. The largest absolute Gasteiger partial charge is 0.477 e. The van der Waals surface area contributed by atoms with Crippen LogP contribution >= 0.6 is 11.3 Å². The predicted molar refractivity (Wildman–Crippen MR) is 85.4 cm³/mol. The molecule has 1 N–H and O–H groups in total. The van der Waals surface area contributed by atoms with Crippen LogP contribution in [0.15, 0.2) is 42.5 Å². The number of hydrogen-bond donors (Lipinski definition) is 1. The van der Waals surface area contributed by atoms with Crippen LogP contribution in [0.25, 0.3) is 6.08 Å². The predicted octanol–water partition coefficient (Wildman–Crippen LogP) is 3.41. The van der Waals surface area contributed by atoms with Crippen molar-refractivity contribution in [3.05, 3.63) is 57.8 Å². The molecule has 0 aliphatic carbocycles. The fourth-order valence-corrected chi connectivity index (χ4v) is 2.49. The van der Waals surface area contributed by atoms with Crippen molar-refractivity contribution in [3.8, 4) is 0 Å². The molecule has 4 nitrogen and oxygen atoms in total. The summed E-state index contributed by atoms with van der Waals surface area (Å²) in [6.07, 6.45) is 3.18. The molecule has 0 fully saturated rings. The zero-order chi connectivity index (χ0) is 15.4. The van der Waals surface area contributed by atoms with Crippen molar-refractivity contribution in [2.24, 2.45) is 0 Å². The highest BCUT2D eigenvalue weighted by atomic mass is 32.1. The third kappa shape index (κ3) is 3.79. The second-order valence-corrected chi connectivity index (χ2v) is 5.74. The first-order valence-corrected chi connectivity index (χ1v) is 7.12. The van der Waals surface area contributed by atoms with E-state index in [1.54, 1.807) is 6.08 Å². The normalized spacial score (nSPS) is 10.8. The molecule has 0 saturated carbocycles. The van der Waals surface area contributed by atoms with Crippen molar-refractivity contribution >= 4 is 34.9 Å². The highest BCUT2D eigenvalue weighted by Crippen LogP contribution is 2.18. The van der Waals surface area contributed by atoms with Crippen LogP contribution in [-0.4, -0.2) is 31.0 Å². The molecule has 2 aromatic rings. The summed E-state index contributed by atoms with van der Waals surface area (Å²) in [5.41, 5.74) is 2.01. The SMILES string of the molecule is CN(C)c1ccc(/C=C/C(=O)c2ccc(C(=O)O)s2)cc1. The maximum absolute atomic E-state index is 12.0. The van der Waals surface area contributed by atoms with Gasteiger partial charge in [0, 0.05) is 19.8 Å². The molecule has 0 radical (unpaired) electrons. The molecular weight excluding hydrogens is 286 g/mol. The zero-order valence-electron chi connectivity index (χ0n) is 11.7. The van der Waals surface area contributed by atoms with Gasteiger partial charge in [0.25, 0.3) is 0 Å². The Morgan fingerprint density at radius 1 is 1.05 bits per heavy atom. The van der Waals surface area contributed by atoms with Gasteiger partial charge in [0.1, 0.15) is 4.88 Å². The Bertz CT molecular complexity index is 684. The number of carboxylic acid groups (broad SMARTS) is 1. The molecule has 108 valence electrons. The van der Waals surface area contributed by atoms with E-state index in [1.165, 1.54) is 18.2 Å². The van der Waals surface area contributed by atoms with Crippen molar-refractivity contribution in [2.75, 3.05) is 19.0 Å². The molecule has 0 atom stereocenters. The number of ketones is 1. The number of carbonyl (C=O) groups is 2.